The molecule has 0 fully saturated rings. The highest BCUT2D eigenvalue weighted by molar-refractivity contribution is 5.82. The number of carbonyl (C=O) groups excluding carboxylic acids is 2. The van der Waals surface area contributed by atoms with E-state index in [4.69, 9.17) is 11.0 Å². The summed E-state index contributed by atoms with van der Waals surface area (Å²) in [5, 5.41) is 11.3. The lowest BCUT2D eigenvalue weighted by molar-refractivity contribution is -0.125. The fraction of sp³-hybridized carbons (Fsp3) is 0.700. The van der Waals surface area contributed by atoms with Gasteiger partial charge in [0.1, 0.15) is 5.92 Å². The molecule has 0 aromatic heterocycles. The molecule has 2 amide bonds. The van der Waals surface area contributed by atoms with Gasteiger partial charge in [0, 0.05) is 12.5 Å². The van der Waals surface area contributed by atoms with E-state index in [9.17, 15) is 9.59 Å². The Kier molecular flexibility index (Phi) is 5.39. The van der Waals surface area contributed by atoms with Gasteiger partial charge in [-0.15, -0.1) is 0 Å². The average Bonchev–Trinajstić information content (AvgIpc) is 2.01. The standard InChI is InChI=1S/C10H17N3O2/c1-6(2)8(5-11)10(15)13-7(3)4-9(12)14/h6-8H,4H2,1-3H3,(H2,12,14)(H,13,15). The second kappa shape index (κ2) is 6.02. The lowest BCUT2D eigenvalue weighted by Gasteiger charge is -2.16. The Morgan fingerprint density at radius 2 is 1.93 bits per heavy atom. The molecule has 0 saturated heterocycles. The molecule has 2 unspecified atom stereocenters. The zero-order chi connectivity index (χ0) is 12.0. The Morgan fingerprint density at radius 3 is 2.27 bits per heavy atom. The number of nitrogens with zero attached hydrogens (tertiary/aromatic N) is 1. The fourth-order valence-electron chi connectivity index (χ4n) is 1.20. The molecule has 0 rings (SSSR count). The van der Waals surface area contributed by atoms with Crippen molar-refractivity contribution in [3.8, 4) is 6.07 Å². The third-order valence-electron chi connectivity index (χ3n) is 1.98. The van der Waals surface area contributed by atoms with Crippen LogP contribution in [0.15, 0.2) is 0 Å². The number of nitriles is 1. The van der Waals surface area contributed by atoms with Gasteiger partial charge in [0.25, 0.3) is 0 Å². The third kappa shape index (κ3) is 5.01. The quantitative estimate of drug-likeness (QED) is 0.678. The first-order chi connectivity index (χ1) is 6.88. The van der Waals surface area contributed by atoms with Crippen molar-refractivity contribution in [3.63, 3.8) is 0 Å². The first kappa shape index (κ1) is 13.4. The maximum absolute atomic E-state index is 11.5. The van der Waals surface area contributed by atoms with Crippen molar-refractivity contribution < 1.29 is 9.59 Å². The van der Waals surface area contributed by atoms with Gasteiger partial charge in [-0.2, -0.15) is 5.26 Å². The predicted molar refractivity (Wildman–Crippen MR) is 55.4 cm³/mol. The summed E-state index contributed by atoms with van der Waals surface area (Å²) >= 11 is 0. The van der Waals surface area contributed by atoms with Gasteiger partial charge in [0.05, 0.1) is 6.07 Å². The summed E-state index contributed by atoms with van der Waals surface area (Å²) < 4.78 is 0. The molecule has 0 aliphatic rings. The molecule has 0 saturated carbocycles. The minimum atomic E-state index is -0.680. The van der Waals surface area contributed by atoms with Gasteiger partial charge in [-0.3, -0.25) is 9.59 Å². The second-order valence-electron chi connectivity index (χ2n) is 3.93. The molecule has 0 heterocycles. The summed E-state index contributed by atoms with van der Waals surface area (Å²) in [6, 6.07) is 1.60. The summed E-state index contributed by atoms with van der Waals surface area (Å²) in [5.41, 5.74) is 4.98. The summed E-state index contributed by atoms with van der Waals surface area (Å²) in [6.45, 7) is 5.27. The largest absolute Gasteiger partial charge is 0.370 e. The zero-order valence-electron chi connectivity index (χ0n) is 9.28. The Bertz CT molecular complexity index is 281. The van der Waals surface area contributed by atoms with Crippen molar-refractivity contribution >= 4 is 11.8 Å². The molecular formula is C10H17N3O2. The molecule has 3 N–H and O–H groups in total. The molecule has 0 aromatic rings. The van der Waals surface area contributed by atoms with Crippen LogP contribution >= 0.6 is 0 Å². The molecule has 84 valence electrons. The first-order valence-electron chi connectivity index (χ1n) is 4.86. The predicted octanol–water partition coefficient (Wildman–Crippen LogP) is 0.162. The number of primary amides is 1. The van der Waals surface area contributed by atoms with Crippen LogP contribution in [-0.2, 0) is 9.59 Å². The Morgan fingerprint density at radius 1 is 1.40 bits per heavy atom. The molecule has 0 aromatic carbocycles. The molecule has 5 nitrogen and oxygen atoms in total. The number of amides is 2. The minimum absolute atomic E-state index is 0.0456. The van der Waals surface area contributed by atoms with Crippen molar-refractivity contribution in [2.45, 2.75) is 33.2 Å². The fourth-order valence-corrected chi connectivity index (χ4v) is 1.20. The van der Waals surface area contributed by atoms with Crippen LogP contribution in [-0.4, -0.2) is 17.9 Å². The molecule has 0 radical (unpaired) electrons. The monoisotopic (exact) mass is 211 g/mol. The van der Waals surface area contributed by atoms with E-state index in [1.165, 1.54) is 0 Å². The lowest BCUT2D eigenvalue weighted by atomic mass is 9.96. The topological polar surface area (TPSA) is 96.0 Å². The number of nitrogens with one attached hydrogen (secondary N) is 1. The lowest BCUT2D eigenvalue weighted by Crippen LogP contribution is -2.40. The number of hydrogen-bond acceptors (Lipinski definition) is 3. The van der Waals surface area contributed by atoms with E-state index in [2.05, 4.69) is 5.32 Å². The molecule has 0 aliphatic heterocycles. The van der Waals surface area contributed by atoms with Gasteiger partial charge in [-0.05, 0) is 12.8 Å². The van der Waals surface area contributed by atoms with Crippen molar-refractivity contribution in [1.29, 1.82) is 5.26 Å². The van der Waals surface area contributed by atoms with Crippen LogP contribution in [0, 0.1) is 23.2 Å². The van der Waals surface area contributed by atoms with Gasteiger partial charge in [-0.1, -0.05) is 13.8 Å². The molecule has 15 heavy (non-hydrogen) atoms. The van der Waals surface area contributed by atoms with Crippen LogP contribution in [0.4, 0.5) is 0 Å². The van der Waals surface area contributed by atoms with Crippen LogP contribution in [0.1, 0.15) is 27.2 Å². The Labute approximate surface area is 89.6 Å². The van der Waals surface area contributed by atoms with Crippen LogP contribution in [0.25, 0.3) is 0 Å². The highest BCUT2D eigenvalue weighted by Gasteiger charge is 2.23. The van der Waals surface area contributed by atoms with Gasteiger partial charge in [-0.25, -0.2) is 0 Å². The first-order valence-corrected chi connectivity index (χ1v) is 4.86. The van der Waals surface area contributed by atoms with E-state index in [0.29, 0.717) is 0 Å². The molecular weight excluding hydrogens is 194 g/mol. The second-order valence-corrected chi connectivity index (χ2v) is 3.93. The van der Waals surface area contributed by atoms with Crippen molar-refractivity contribution in [2.75, 3.05) is 0 Å². The molecule has 0 spiro atoms. The summed E-state index contributed by atoms with van der Waals surface area (Å²) in [6.07, 6.45) is 0.0853. The minimum Gasteiger partial charge on any atom is -0.370 e. The molecule has 0 aliphatic carbocycles. The number of carbonyl (C=O) groups is 2. The highest BCUT2D eigenvalue weighted by atomic mass is 16.2. The Balaban J connectivity index is 4.24. The van der Waals surface area contributed by atoms with Crippen molar-refractivity contribution in [3.05, 3.63) is 0 Å². The van der Waals surface area contributed by atoms with Gasteiger partial charge >= 0.3 is 0 Å². The SMILES string of the molecule is CC(CC(N)=O)NC(=O)C(C#N)C(C)C. The normalized spacial score (nSPS) is 14.1. The molecule has 0 bridgehead atoms. The summed E-state index contributed by atoms with van der Waals surface area (Å²) in [7, 11) is 0. The van der Waals surface area contributed by atoms with Crippen LogP contribution < -0.4 is 11.1 Å². The number of nitrogens with two attached hydrogens (primary N) is 1. The zero-order valence-corrected chi connectivity index (χ0v) is 9.28. The van der Waals surface area contributed by atoms with Gasteiger partial charge in [0.15, 0.2) is 0 Å². The molecule has 5 heteroatoms. The van der Waals surface area contributed by atoms with Crippen LogP contribution in [0.2, 0.25) is 0 Å². The third-order valence-corrected chi connectivity index (χ3v) is 1.98. The number of hydrogen-bond donors (Lipinski definition) is 2. The van der Waals surface area contributed by atoms with Gasteiger partial charge < -0.3 is 11.1 Å². The van der Waals surface area contributed by atoms with Crippen molar-refractivity contribution in [1.82, 2.24) is 5.32 Å². The van der Waals surface area contributed by atoms with E-state index < -0.39 is 11.8 Å². The van der Waals surface area contributed by atoms with E-state index in [-0.39, 0.29) is 24.3 Å². The summed E-state index contributed by atoms with van der Waals surface area (Å²) in [4.78, 5) is 22.1. The maximum Gasteiger partial charge on any atom is 0.237 e. The van der Waals surface area contributed by atoms with Gasteiger partial charge in [0.2, 0.25) is 11.8 Å². The summed E-state index contributed by atoms with van der Waals surface area (Å²) in [5.74, 6) is -1.54. The van der Waals surface area contributed by atoms with E-state index in [1.807, 2.05) is 6.07 Å². The van der Waals surface area contributed by atoms with E-state index in [0.717, 1.165) is 0 Å². The number of rotatable bonds is 5. The molecule has 2 atom stereocenters. The van der Waals surface area contributed by atoms with Crippen molar-refractivity contribution in [2.24, 2.45) is 17.6 Å². The smallest absolute Gasteiger partial charge is 0.237 e. The van der Waals surface area contributed by atoms with Crippen LogP contribution in [0.3, 0.4) is 0 Å². The van der Waals surface area contributed by atoms with E-state index in [1.54, 1.807) is 20.8 Å². The highest BCUT2D eigenvalue weighted by Crippen LogP contribution is 2.09. The average molecular weight is 211 g/mol. The maximum atomic E-state index is 11.5. The Hall–Kier alpha value is -1.57. The van der Waals surface area contributed by atoms with E-state index >= 15 is 0 Å². The van der Waals surface area contributed by atoms with Crippen LogP contribution in [0.5, 0.6) is 0 Å².